The molecule has 2 N–H and O–H groups in total. The standard InChI is InChI=1S/C15H31N3/c1-17(2)15(13-5-3-4-6-13)14-7-10-18(11-8-14)12-9-16/h13-15H,3-12,16H2,1-2H3. The average Bonchev–Trinajstić information content (AvgIpc) is 2.85. The molecule has 0 aromatic rings. The fraction of sp³-hybridized carbons (Fsp3) is 1.00. The maximum Gasteiger partial charge on any atom is 0.0147 e. The highest BCUT2D eigenvalue weighted by atomic mass is 15.1. The Hall–Kier alpha value is -0.120. The minimum Gasteiger partial charge on any atom is -0.329 e. The molecule has 1 saturated heterocycles. The molecule has 1 saturated carbocycles. The van der Waals surface area contributed by atoms with E-state index in [-0.39, 0.29) is 0 Å². The number of nitrogens with zero attached hydrogens (tertiary/aromatic N) is 2. The monoisotopic (exact) mass is 253 g/mol. The van der Waals surface area contributed by atoms with Crippen LogP contribution in [0, 0.1) is 11.8 Å². The number of rotatable bonds is 5. The molecule has 106 valence electrons. The van der Waals surface area contributed by atoms with Crippen molar-refractivity contribution in [1.82, 2.24) is 9.80 Å². The predicted octanol–water partition coefficient (Wildman–Crippen LogP) is 1.78. The molecule has 18 heavy (non-hydrogen) atoms. The van der Waals surface area contributed by atoms with Crippen LogP contribution in [-0.2, 0) is 0 Å². The average molecular weight is 253 g/mol. The van der Waals surface area contributed by atoms with Crippen LogP contribution in [0.25, 0.3) is 0 Å². The zero-order chi connectivity index (χ0) is 13.0. The van der Waals surface area contributed by atoms with Crippen molar-refractivity contribution in [3.8, 4) is 0 Å². The van der Waals surface area contributed by atoms with Crippen LogP contribution >= 0.6 is 0 Å². The van der Waals surface area contributed by atoms with E-state index in [1.165, 1.54) is 51.6 Å². The van der Waals surface area contributed by atoms with Crippen LogP contribution in [0.15, 0.2) is 0 Å². The third kappa shape index (κ3) is 3.46. The topological polar surface area (TPSA) is 32.5 Å². The van der Waals surface area contributed by atoms with Gasteiger partial charge in [-0.15, -0.1) is 0 Å². The Balaban J connectivity index is 1.88. The summed E-state index contributed by atoms with van der Waals surface area (Å²) in [6, 6.07) is 0.826. The van der Waals surface area contributed by atoms with Gasteiger partial charge in [-0.05, 0) is 64.7 Å². The predicted molar refractivity (Wildman–Crippen MR) is 77.7 cm³/mol. The number of hydrogen-bond donors (Lipinski definition) is 1. The van der Waals surface area contributed by atoms with Gasteiger partial charge < -0.3 is 15.5 Å². The maximum absolute atomic E-state index is 5.65. The Labute approximate surface area is 113 Å². The van der Waals surface area contributed by atoms with E-state index < -0.39 is 0 Å². The fourth-order valence-corrected chi connectivity index (χ4v) is 4.23. The van der Waals surface area contributed by atoms with Gasteiger partial charge in [0.15, 0.2) is 0 Å². The number of nitrogens with two attached hydrogens (primary N) is 1. The van der Waals surface area contributed by atoms with Crippen molar-refractivity contribution in [2.45, 2.75) is 44.6 Å². The van der Waals surface area contributed by atoms with Crippen molar-refractivity contribution >= 4 is 0 Å². The molecule has 1 atom stereocenters. The van der Waals surface area contributed by atoms with Crippen molar-refractivity contribution in [1.29, 1.82) is 0 Å². The molecule has 3 heteroatoms. The fourth-order valence-electron chi connectivity index (χ4n) is 4.23. The van der Waals surface area contributed by atoms with Gasteiger partial charge in [0.25, 0.3) is 0 Å². The molecule has 0 radical (unpaired) electrons. The van der Waals surface area contributed by atoms with E-state index in [2.05, 4.69) is 23.9 Å². The van der Waals surface area contributed by atoms with E-state index >= 15 is 0 Å². The van der Waals surface area contributed by atoms with Crippen molar-refractivity contribution < 1.29 is 0 Å². The molecule has 0 aromatic heterocycles. The second kappa shape index (κ2) is 6.88. The number of likely N-dealkylation sites (tertiary alicyclic amines) is 1. The second-order valence-electron chi connectivity index (χ2n) is 6.47. The Bertz CT molecular complexity index is 228. The van der Waals surface area contributed by atoms with Crippen LogP contribution < -0.4 is 5.73 Å². The second-order valence-corrected chi connectivity index (χ2v) is 6.47. The van der Waals surface area contributed by atoms with Crippen molar-refractivity contribution in [2.75, 3.05) is 40.3 Å². The van der Waals surface area contributed by atoms with Gasteiger partial charge in [0, 0.05) is 19.1 Å². The molecular formula is C15H31N3. The van der Waals surface area contributed by atoms with Gasteiger partial charge in [-0.3, -0.25) is 0 Å². The molecule has 1 aliphatic heterocycles. The largest absolute Gasteiger partial charge is 0.329 e. The Morgan fingerprint density at radius 1 is 1.06 bits per heavy atom. The van der Waals surface area contributed by atoms with E-state index in [1.807, 2.05) is 0 Å². The minimum atomic E-state index is 0.810. The number of piperidine rings is 1. The SMILES string of the molecule is CN(C)C(C1CCCC1)C1CCN(CCN)CC1. The number of hydrogen-bond acceptors (Lipinski definition) is 3. The molecule has 2 fully saturated rings. The third-order valence-electron chi connectivity index (χ3n) is 5.04. The third-order valence-corrected chi connectivity index (χ3v) is 5.04. The van der Waals surface area contributed by atoms with E-state index in [4.69, 9.17) is 5.73 Å². The quantitative estimate of drug-likeness (QED) is 0.810. The summed E-state index contributed by atoms with van der Waals surface area (Å²) in [5, 5.41) is 0. The molecule has 0 amide bonds. The molecule has 3 nitrogen and oxygen atoms in total. The molecule has 1 unspecified atom stereocenters. The lowest BCUT2D eigenvalue weighted by Crippen LogP contribution is -2.46. The smallest absolute Gasteiger partial charge is 0.0147 e. The van der Waals surface area contributed by atoms with Crippen LogP contribution in [0.2, 0.25) is 0 Å². The highest BCUT2D eigenvalue weighted by molar-refractivity contribution is 4.88. The first-order valence-corrected chi connectivity index (χ1v) is 7.81. The summed E-state index contributed by atoms with van der Waals surface area (Å²) < 4.78 is 0. The lowest BCUT2D eigenvalue weighted by Gasteiger charge is -2.41. The van der Waals surface area contributed by atoms with E-state index in [1.54, 1.807) is 0 Å². The van der Waals surface area contributed by atoms with Gasteiger partial charge in [-0.1, -0.05) is 12.8 Å². The molecule has 0 spiro atoms. The minimum absolute atomic E-state index is 0.810. The normalized spacial score (nSPS) is 26.0. The molecule has 0 aromatic carbocycles. The van der Waals surface area contributed by atoms with Crippen LogP contribution in [0.5, 0.6) is 0 Å². The van der Waals surface area contributed by atoms with E-state index in [9.17, 15) is 0 Å². The summed E-state index contributed by atoms with van der Waals surface area (Å²) in [6.07, 6.45) is 8.60. The molecule has 1 heterocycles. The summed E-state index contributed by atoms with van der Waals surface area (Å²) in [6.45, 7) is 4.42. The molecule has 2 rings (SSSR count). The summed E-state index contributed by atoms with van der Waals surface area (Å²) in [5.74, 6) is 1.88. The van der Waals surface area contributed by atoms with Crippen LogP contribution in [0.4, 0.5) is 0 Å². The van der Waals surface area contributed by atoms with Crippen LogP contribution in [0.1, 0.15) is 38.5 Å². The van der Waals surface area contributed by atoms with Crippen LogP contribution in [-0.4, -0.2) is 56.1 Å². The van der Waals surface area contributed by atoms with Gasteiger partial charge in [0.05, 0.1) is 0 Å². The summed E-state index contributed by atoms with van der Waals surface area (Å²) >= 11 is 0. The summed E-state index contributed by atoms with van der Waals surface area (Å²) in [4.78, 5) is 5.05. The highest BCUT2D eigenvalue weighted by Gasteiger charge is 2.34. The Kier molecular flexibility index (Phi) is 5.46. The first-order valence-electron chi connectivity index (χ1n) is 7.81. The summed E-state index contributed by atoms with van der Waals surface area (Å²) in [5.41, 5.74) is 5.65. The lowest BCUT2D eigenvalue weighted by molar-refractivity contribution is 0.0835. The summed E-state index contributed by atoms with van der Waals surface area (Å²) in [7, 11) is 4.57. The molecule has 1 aliphatic carbocycles. The molecule has 0 bridgehead atoms. The molecule has 2 aliphatic rings. The van der Waals surface area contributed by atoms with E-state index in [0.29, 0.717) is 0 Å². The highest BCUT2D eigenvalue weighted by Crippen LogP contribution is 2.36. The maximum atomic E-state index is 5.65. The van der Waals surface area contributed by atoms with Gasteiger partial charge in [0.2, 0.25) is 0 Å². The Morgan fingerprint density at radius 2 is 1.61 bits per heavy atom. The first-order chi connectivity index (χ1) is 8.72. The van der Waals surface area contributed by atoms with Crippen molar-refractivity contribution in [3.63, 3.8) is 0 Å². The Morgan fingerprint density at radius 3 is 2.11 bits per heavy atom. The van der Waals surface area contributed by atoms with Gasteiger partial charge in [-0.2, -0.15) is 0 Å². The van der Waals surface area contributed by atoms with Gasteiger partial charge in [0.1, 0.15) is 0 Å². The lowest BCUT2D eigenvalue weighted by atomic mass is 9.80. The zero-order valence-corrected chi connectivity index (χ0v) is 12.3. The van der Waals surface area contributed by atoms with E-state index in [0.717, 1.165) is 31.0 Å². The first kappa shape index (κ1) is 14.3. The van der Waals surface area contributed by atoms with Crippen LogP contribution in [0.3, 0.4) is 0 Å². The van der Waals surface area contributed by atoms with Gasteiger partial charge >= 0.3 is 0 Å². The van der Waals surface area contributed by atoms with Gasteiger partial charge in [-0.25, -0.2) is 0 Å². The van der Waals surface area contributed by atoms with Crippen molar-refractivity contribution in [3.05, 3.63) is 0 Å². The molecular weight excluding hydrogens is 222 g/mol. The van der Waals surface area contributed by atoms with Crippen molar-refractivity contribution in [2.24, 2.45) is 17.6 Å². The zero-order valence-electron chi connectivity index (χ0n) is 12.3.